The number of aryl methyl sites for hydroxylation is 1. The van der Waals surface area contributed by atoms with Crippen LogP contribution in [0.15, 0.2) is 18.2 Å². The fourth-order valence-electron chi connectivity index (χ4n) is 2.43. The monoisotopic (exact) mass is 318 g/mol. The van der Waals surface area contributed by atoms with Crippen molar-refractivity contribution >= 4 is 18.3 Å². The average molecular weight is 319 g/mol. The van der Waals surface area contributed by atoms with E-state index in [-0.39, 0.29) is 36.7 Å². The summed E-state index contributed by atoms with van der Waals surface area (Å²) in [4.78, 5) is 11.7. The third kappa shape index (κ3) is 5.59. The molecule has 1 aromatic carbocycles. The molecule has 0 bridgehead atoms. The van der Waals surface area contributed by atoms with E-state index in [2.05, 4.69) is 10.6 Å². The van der Waals surface area contributed by atoms with Crippen LogP contribution >= 0.6 is 12.4 Å². The van der Waals surface area contributed by atoms with Crippen LogP contribution in [0.2, 0.25) is 0 Å². The second kappa shape index (κ2) is 8.95. The van der Waals surface area contributed by atoms with E-state index < -0.39 is 11.6 Å². The molecule has 21 heavy (non-hydrogen) atoms. The average Bonchev–Trinajstić information content (AvgIpc) is 2.48. The van der Waals surface area contributed by atoms with E-state index in [0.717, 1.165) is 32.0 Å². The van der Waals surface area contributed by atoms with Crippen molar-refractivity contribution in [3.05, 3.63) is 35.4 Å². The van der Waals surface area contributed by atoms with Gasteiger partial charge >= 0.3 is 0 Å². The molecule has 1 saturated heterocycles. The van der Waals surface area contributed by atoms with Gasteiger partial charge in [-0.05, 0) is 49.9 Å². The Bertz CT molecular complexity index is 465. The molecule has 0 aliphatic carbocycles. The minimum atomic E-state index is -0.865. The van der Waals surface area contributed by atoms with Gasteiger partial charge in [-0.2, -0.15) is 0 Å². The number of rotatable bonds is 5. The highest BCUT2D eigenvalue weighted by atomic mass is 35.5. The van der Waals surface area contributed by atoms with Crippen LogP contribution in [0.5, 0.6) is 0 Å². The maximum Gasteiger partial charge on any atom is 0.220 e. The molecule has 6 heteroatoms. The normalized spacial score (nSPS) is 17.9. The lowest BCUT2D eigenvalue weighted by Gasteiger charge is -2.22. The summed E-state index contributed by atoms with van der Waals surface area (Å²) in [6.45, 7) is 2.62. The summed E-state index contributed by atoms with van der Waals surface area (Å²) in [5.41, 5.74) is 0.250. The van der Waals surface area contributed by atoms with Gasteiger partial charge < -0.3 is 10.6 Å². The molecule has 0 aromatic heterocycles. The van der Waals surface area contributed by atoms with Crippen LogP contribution < -0.4 is 10.6 Å². The molecule has 1 aromatic rings. The van der Waals surface area contributed by atoms with Gasteiger partial charge in [-0.3, -0.25) is 4.79 Å². The van der Waals surface area contributed by atoms with Crippen molar-refractivity contribution in [3.8, 4) is 0 Å². The lowest BCUT2D eigenvalue weighted by Crippen LogP contribution is -2.38. The van der Waals surface area contributed by atoms with E-state index in [9.17, 15) is 13.6 Å². The Morgan fingerprint density at radius 1 is 1.38 bits per heavy atom. The molecule has 3 nitrogen and oxygen atoms in total. The van der Waals surface area contributed by atoms with Crippen molar-refractivity contribution in [3.63, 3.8) is 0 Å². The van der Waals surface area contributed by atoms with Crippen molar-refractivity contribution < 1.29 is 13.6 Å². The Balaban J connectivity index is 0.00000220. The van der Waals surface area contributed by atoms with Crippen molar-refractivity contribution in [2.45, 2.75) is 25.7 Å². The zero-order valence-corrected chi connectivity index (χ0v) is 12.6. The van der Waals surface area contributed by atoms with Gasteiger partial charge in [0.25, 0.3) is 0 Å². The highest BCUT2D eigenvalue weighted by Crippen LogP contribution is 2.13. The minimum Gasteiger partial charge on any atom is -0.356 e. The first-order valence-corrected chi connectivity index (χ1v) is 7.07. The smallest absolute Gasteiger partial charge is 0.220 e. The fraction of sp³-hybridized carbons (Fsp3) is 0.533. The number of halogens is 3. The molecule has 1 aliphatic rings. The highest BCUT2D eigenvalue weighted by Gasteiger charge is 2.14. The number of carbonyl (C=O) groups excluding carboxylic acids is 1. The third-order valence-electron chi connectivity index (χ3n) is 3.64. The van der Waals surface area contributed by atoms with Gasteiger partial charge in [-0.25, -0.2) is 8.78 Å². The number of benzene rings is 1. The summed E-state index contributed by atoms with van der Waals surface area (Å²) in [5, 5.41) is 6.15. The summed E-state index contributed by atoms with van der Waals surface area (Å²) in [7, 11) is 0. The fourth-order valence-corrected chi connectivity index (χ4v) is 2.43. The highest BCUT2D eigenvalue weighted by molar-refractivity contribution is 5.85. The Kier molecular flexibility index (Phi) is 7.61. The summed E-state index contributed by atoms with van der Waals surface area (Å²) in [6, 6.07) is 4.05. The van der Waals surface area contributed by atoms with Gasteiger partial charge in [-0.1, -0.05) is 12.1 Å². The van der Waals surface area contributed by atoms with Crippen molar-refractivity contribution in [2.75, 3.05) is 19.6 Å². The Morgan fingerprint density at radius 2 is 2.19 bits per heavy atom. The van der Waals surface area contributed by atoms with Crippen LogP contribution in [-0.2, 0) is 11.2 Å². The van der Waals surface area contributed by atoms with Gasteiger partial charge in [0.05, 0.1) is 0 Å². The third-order valence-corrected chi connectivity index (χ3v) is 3.64. The van der Waals surface area contributed by atoms with E-state index in [1.165, 1.54) is 12.1 Å². The van der Waals surface area contributed by atoms with Crippen molar-refractivity contribution in [2.24, 2.45) is 5.92 Å². The molecule has 1 fully saturated rings. The summed E-state index contributed by atoms with van der Waals surface area (Å²) in [5.74, 6) is -1.36. The first kappa shape index (κ1) is 17.9. The lowest BCUT2D eigenvalue weighted by molar-refractivity contribution is -0.121. The van der Waals surface area contributed by atoms with E-state index in [4.69, 9.17) is 0 Å². The molecule has 118 valence electrons. The van der Waals surface area contributed by atoms with Crippen LogP contribution in [0.4, 0.5) is 8.78 Å². The maximum atomic E-state index is 13.4. The summed E-state index contributed by atoms with van der Waals surface area (Å²) in [6.07, 6.45) is 2.65. The van der Waals surface area contributed by atoms with Gasteiger partial charge in [0.2, 0.25) is 5.91 Å². The zero-order valence-electron chi connectivity index (χ0n) is 11.8. The summed E-state index contributed by atoms with van der Waals surface area (Å²) < 4.78 is 26.4. The van der Waals surface area contributed by atoms with Crippen molar-refractivity contribution in [1.82, 2.24) is 10.6 Å². The first-order valence-electron chi connectivity index (χ1n) is 7.07. The molecule has 0 spiro atoms. The Morgan fingerprint density at radius 3 is 2.90 bits per heavy atom. The second-order valence-electron chi connectivity index (χ2n) is 5.23. The molecule has 1 aliphatic heterocycles. The van der Waals surface area contributed by atoms with E-state index >= 15 is 0 Å². The number of hydrogen-bond donors (Lipinski definition) is 2. The van der Waals surface area contributed by atoms with Crippen LogP contribution in [-0.4, -0.2) is 25.5 Å². The van der Waals surface area contributed by atoms with Crippen LogP contribution in [0.3, 0.4) is 0 Å². The molecular formula is C15H21ClF2N2O. The van der Waals surface area contributed by atoms with Gasteiger partial charge in [-0.15, -0.1) is 12.4 Å². The molecular weight excluding hydrogens is 298 g/mol. The molecule has 1 amide bonds. The Labute approximate surface area is 129 Å². The standard InChI is InChI=1S/C15H20F2N2O.ClH/c16-13-5-1-4-12(15(13)17)6-7-14(20)19-10-11-3-2-8-18-9-11;/h1,4-5,11,18H,2-3,6-10H2,(H,19,20);1H. The number of carbonyl (C=O) groups is 1. The van der Waals surface area contributed by atoms with Crippen LogP contribution in [0, 0.1) is 17.6 Å². The van der Waals surface area contributed by atoms with Crippen molar-refractivity contribution in [1.29, 1.82) is 0 Å². The van der Waals surface area contributed by atoms with E-state index in [0.29, 0.717) is 12.5 Å². The van der Waals surface area contributed by atoms with Gasteiger partial charge in [0.1, 0.15) is 0 Å². The largest absolute Gasteiger partial charge is 0.356 e. The second-order valence-corrected chi connectivity index (χ2v) is 5.23. The Hall–Kier alpha value is -1.20. The van der Waals surface area contributed by atoms with Gasteiger partial charge in [0, 0.05) is 13.0 Å². The number of hydrogen-bond acceptors (Lipinski definition) is 2. The molecule has 0 saturated carbocycles. The van der Waals surface area contributed by atoms with E-state index in [1.807, 2.05) is 0 Å². The quantitative estimate of drug-likeness (QED) is 0.875. The summed E-state index contributed by atoms with van der Waals surface area (Å²) >= 11 is 0. The molecule has 1 atom stereocenters. The molecule has 1 unspecified atom stereocenters. The zero-order chi connectivity index (χ0) is 14.4. The first-order chi connectivity index (χ1) is 9.66. The predicted octanol–water partition coefficient (Wildman–Crippen LogP) is 2.44. The number of amides is 1. The van der Waals surface area contributed by atoms with Crippen LogP contribution in [0.25, 0.3) is 0 Å². The molecule has 1 heterocycles. The topological polar surface area (TPSA) is 41.1 Å². The van der Waals surface area contributed by atoms with E-state index in [1.54, 1.807) is 0 Å². The molecule has 2 N–H and O–H groups in total. The predicted molar refractivity (Wildman–Crippen MR) is 80.5 cm³/mol. The lowest BCUT2D eigenvalue weighted by atomic mass is 9.99. The van der Waals surface area contributed by atoms with Gasteiger partial charge in [0.15, 0.2) is 11.6 Å². The molecule has 2 rings (SSSR count). The minimum absolute atomic E-state index is 0. The SMILES string of the molecule is Cl.O=C(CCc1cccc(F)c1F)NCC1CCCNC1. The van der Waals surface area contributed by atoms with Crippen LogP contribution in [0.1, 0.15) is 24.8 Å². The maximum absolute atomic E-state index is 13.4. The number of piperidine rings is 1. The molecule has 0 radical (unpaired) electrons. The number of nitrogens with one attached hydrogen (secondary N) is 2.